The molecule has 0 spiro atoms. The van der Waals surface area contributed by atoms with E-state index in [1.165, 1.54) is 12.1 Å². The number of rotatable bonds is 5. The summed E-state index contributed by atoms with van der Waals surface area (Å²) >= 11 is 0. The monoisotopic (exact) mass is 260 g/mol. The van der Waals surface area contributed by atoms with Gasteiger partial charge in [0.15, 0.2) is 0 Å². The maximum atomic E-state index is 13.0. The number of carboxylic acid groups (broad SMARTS) is 1. The van der Waals surface area contributed by atoms with E-state index < -0.39 is 5.97 Å². The lowest BCUT2D eigenvalue weighted by molar-refractivity contribution is -0.686. The van der Waals surface area contributed by atoms with Crippen LogP contribution in [-0.2, 0) is 13.1 Å². The normalized spacial score (nSPS) is 10.4. The fourth-order valence-electron chi connectivity index (χ4n) is 1.85. The van der Waals surface area contributed by atoms with Gasteiger partial charge in [0.1, 0.15) is 18.9 Å². The van der Waals surface area contributed by atoms with E-state index >= 15 is 0 Å². The Bertz CT molecular complexity index is 567. The van der Waals surface area contributed by atoms with E-state index in [0.717, 1.165) is 17.7 Å². The Kier molecular flexibility index (Phi) is 4.26. The Morgan fingerprint density at radius 2 is 1.74 bits per heavy atom. The molecular formula is C15H15FNO2+. The lowest BCUT2D eigenvalue weighted by Gasteiger charge is -2.03. The van der Waals surface area contributed by atoms with Crippen LogP contribution >= 0.6 is 0 Å². The van der Waals surface area contributed by atoms with Gasteiger partial charge in [0.2, 0.25) is 0 Å². The lowest BCUT2D eigenvalue weighted by atomic mass is 10.1. The van der Waals surface area contributed by atoms with Crippen molar-refractivity contribution in [3.8, 4) is 0 Å². The molecule has 0 saturated heterocycles. The van der Waals surface area contributed by atoms with Gasteiger partial charge in [-0.05, 0) is 24.3 Å². The lowest BCUT2D eigenvalue weighted by Crippen LogP contribution is -2.80. The highest BCUT2D eigenvalue weighted by Gasteiger charge is 2.03. The smallest absolute Gasteiger partial charge is 0.335 e. The van der Waals surface area contributed by atoms with Gasteiger partial charge in [-0.3, -0.25) is 0 Å². The van der Waals surface area contributed by atoms with Gasteiger partial charge in [-0.15, -0.1) is 0 Å². The molecule has 0 aromatic heterocycles. The van der Waals surface area contributed by atoms with E-state index in [-0.39, 0.29) is 11.4 Å². The molecule has 0 heterocycles. The zero-order chi connectivity index (χ0) is 13.7. The van der Waals surface area contributed by atoms with Gasteiger partial charge in [0.25, 0.3) is 0 Å². The molecule has 4 heteroatoms. The first kappa shape index (κ1) is 13.2. The average molecular weight is 260 g/mol. The molecule has 0 atom stereocenters. The van der Waals surface area contributed by atoms with Crippen LogP contribution in [0.3, 0.4) is 0 Å². The van der Waals surface area contributed by atoms with Gasteiger partial charge >= 0.3 is 5.97 Å². The molecule has 0 aliphatic carbocycles. The SMILES string of the molecule is O=C(O)c1ccc(C[NH2+]Cc2cccc(F)c2)cc1. The predicted octanol–water partition coefficient (Wildman–Crippen LogP) is 1.79. The molecule has 0 unspecified atom stereocenters. The molecule has 2 aromatic rings. The molecule has 2 aromatic carbocycles. The molecule has 3 N–H and O–H groups in total. The Labute approximate surface area is 110 Å². The molecule has 0 aliphatic heterocycles. The Morgan fingerprint density at radius 3 is 2.37 bits per heavy atom. The molecule has 0 amide bonds. The van der Waals surface area contributed by atoms with E-state index in [2.05, 4.69) is 0 Å². The number of hydrogen-bond donors (Lipinski definition) is 2. The first-order valence-electron chi connectivity index (χ1n) is 6.03. The predicted molar refractivity (Wildman–Crippen MR) is 69.1 cm³/mol. The van der Waals surface area contributed by atoms with E-state index in [9.17, 15) is 9.18 Å². The van der Waals surface area contributed by atoms with Crippen molar-refractivity contribution >= 4 is 5.97 Å². The summed E-state index contributed by atoms with van der Waals surface area (Å²) in [5.74, 6) is -1.15. The standard InChI is InChI=1S/C15H14FNO2/c16-14-3-1-2-12(8-14)10-17-9-11-4-6-13(7-5-11)15(18)19/h1-8,17H,9-10H2,(H,18,19)/p+1. The van der Waals surface area contributed by atoms with Crippen LogP contribution < -0.4 is 5.32 Å². The minimum atomic E-state index is -0.921. The summed E-state index contributed by atoms with van der Waals surface area (Å²) in [4.78, 5) is 10.7. The van der Waals surface area contributed by atoms with Crippen LogP contribution in [-0.4, -0.2) is 11.1 Å². The van der Waals surface area contributed by atoms with Crippen molar-refractivity contribution in [3.05, 3.63) is 71.0 Å². The highest BCUT2D eigenvalue weighted by Crippen LogP contribution is 2.04. The summed E-state index contributed by atoms with van der Waals surface area (Å²) in [5.41, 5.74) is 2.26. The molecule has 0 fully saturated rings. The summed E-state index contributed by atoms with van der Waals surface area (Å²) in [7, 11) is 0. The highest BCUT2D eigenvalue weighted by molar-refractivity contribution is 5.87. The third-order valence-corrected chi connectivity index (χ3v) is 2.85. The molecule has 3 nitrogen and oxygen atoms in total. The van der Waals surface area contributed by atoms with Crippen LogP contribution in [0.15, 0.2) is 48.5 Å². The van der Waals surface area contributed by atoms with Crippen LogP contribution in [0.5, 0.6) is 0 Å². The van der Waals surface area contributed by atoms with Crippen molar-refractivity contribution in [2.24, 2.45) is 0 Å². The summed E-state index contributed by atoms with van der Waals surface area (Å²) in [5, 5.41) is 10.8. The van der Waals surface area contributed by atoms with Crippen LogP contribution in [0.4, 0.5) is 4.39 Å². The number of benzene rings is 2. The summed E-state index contributed by atoms with van der Waals surface area (Å²) < 4.78 is 13.0. The third kappa shape index (κ3) is 3.89. The zero-order valence-corrected chi connectivity index (χ0v) is 10.3. The van der Waals surface area contributed by atoms with Gasteiger partial charge in [0.05, 0.1) is 5.56 Å². The van der Waals surface area contributed by atoms with E-state index in [1.54, 1.807) is 30.3 Å². The minimum absolute atomic E-state index is 0.225. The highest BCUT2D eigenvalue weighted by atomic mass is 19.1. The van der Waals surface area contributed by atoms with E-state index in [4.69, 9.17) is 5.11 Å². The molecule has 0 radical (unpaired) electrons. The Balaban J connectivity index is 1.87. The number of carbonyl (C=O) groups is 1. The second-order valence-electron chi connectivity index (χ2n) is 4.33. The topological polar surface area (TPSA) is 53.9 Å². The summed E-state index contributed by atoms with van der Waals surface area (Å²) in [6, 6.07) is 13.3. The van der Waals surface area contributed by atoms with Crippen molar-refractivity contribution in [2.75, 3.05) is 0 Å². The van der Waals surface area contributed by atoms with E-state index in [1.807, 2.05) is 11.4 Å². The van der Waals surface area contributed by atoms with Crippen LogP contribution in [0.1, 0.15) is 21.5 Å². The number of halogens is 1. The van der Waals surface area contributed by atoms with Crippen molar-refractivity contribution in [2.45, 2.75) is 13.1 Å². The molecular weight excluding hydrogens is 245 g/mol. The Hall–Kier alpha value is -2.20. The minimum Gasteiger partial charge on any atom is -0.478 e. The molecule has 0 aliphatic rings. The van der Waals surface area contributed by atoms with Gasteiger partial charge in [0, 0.05) is 11.1 Å². The second-order valence-corrected chi connectivity index (χ2v) is 4.33. The van der Waals surface area contributed by atoms with Crippen molar-refractivity contribution in [1.82, 2.24) is 0 Å². The molecule has 19 heavy (non-hydrogen) atoms. The maximum Gasteiger partial charge on any atom is 0.335 e. The molecule has 98 valence electrons. The first-order chi connectivity index (χ1) is 9.15. The van der Waals surface area contributed by atoms with Crippen molar-refractivity contribution < 1.29 is 19.6 Å². The second kappa shape index (κ2) is 6.11. The molecule has 0 bridgehead atoms. The van der Waals surface area contributed by atoms with Gasteiger partial charge in [-0.2, -0.15) is 0 Å². The number of hydrogen-bond acceptors (Lipinski definition) is 1. The van der Waals surface area contributed by atoms with Crippen LogP contribution in [0, 0.1) is 5.82 Å². The summed E-state index contributed by atoms with van der Waals surface area (Å²) in [6.45, 7) is 1.43. The maximum absolute atomic E-state index is 13.0. The largest absolute Gasteiger partial charge is 0.478 e. The van der Waals surface area contributed by atoms with Gasteiger partial charge < -0.3 is 10.4 Å². The molecule has 2 rings (SSSR count). The van der Waals surface area contributed by atoms with Crippen molar-refractivity contribution in [3.63, 3.8) is 0 Å². The fraction of sp³-hybridized carbons (Fsp3) is 0.133. The van der Waals surface area contributed by atoms with Crippen LogP contribution in [0.2, 0.25) is 0 Å². The molecule has 0 saturated carbocycles. The fourth-order valence-corrected chi connectivity index (χ4v) is 1.85. The number of nitrogens with two attached hydrogens (primary N) is 1. The number of carboxylic acids is 1. The number of aromatic carboxylic acids is 1. The Morgan fingerprint density at radius 1 is 1.05 bits per heavy atom. The van der Waals surface area contributed by atoms with Gasteiger partial charge in [-0.1, -0.05) is 24.3 Å². The zero-order valence-electron chi connectivity index (χ0n) is 10.3. The summed E-state index contributed by atoms with van der Waals surface area (Å²) in [6.07, 6.45) is 0. The van der Waals surface area contributed by atoms with Crippen molar-refractivity contribution in [1.29, 1.82) is 0 Å². The first-order valence-corrected chi connectivity index (χ1v) is 6.03. The average Bonchev–Trinajstić information content (AvgIpc) is 2.39. The number of quaternary nitrogens is 1. The third-order valence-electron chi connectivity index (χ3n) is 2.85. The van der Waals surface area contributed by atoms with E-state index in [0.29, 0.717) is 6.54 Å². The quantitative estimate of drug-likeness (QED) is 0.861. The van der Waals surface area contributed by atoms with Gasteiger partial charge in [-0.25, -0.2) is 9.18 Å². The van der Waals surface area contributed by atoms with Crippen LogP contribution in [0.25, 0.3) is 0 Å².